The van der Waals surface area contributed by atoms with Crippen molar-refractivity contribution in [2.75, 3.05) is 6.54 Å². The minimum Gasteiger partial charge on any atom is -0.486 e. The van der Waals surface area contributed by atoms with Crippen LogP contribution in [0.2, 0.25) is 0 Å². The number of nitrogens with one attached hydrogen (secondary N) is 1. The van der Waals surface area contributed by atoms with Gasteiger partial charge in [0.25, 0.3) is 0 Å². The van der Waals surface area contributed by atoms with Crippen LogP contribution in [0.3, 0.4) is 0 Å². The molecule has 16 heavy (non-hydrogen) atoms. The molecule has 1 fully saturated rings. The molecule has 5 heteroatoms. The topological polar surface area (TPSA) is 58.6 Å². The monoisotopic (exact) mass is 225 g/mol. The summed E-state index contributed by atoms with van der Waals surface area (Å²) < 4.78 is 18.6. The predicted molar refractivity (Wildman–Crippen MR) is 54.9 cm³/mol. The number of benzene rings is 1. The van der Waals surface area contributed by atoms with Crippen molar-refractivity contribution < 1.29 is 19.0 Å². The lowest BCUT2D eigenvalue weighted by molar-refractivity contribution is -0.139. The Hall–Kier alpha value is -1.62. The maximum Gasteiger partial charge on any atom is 0.320 e. The molecule has 1 heterocycles. The van der Waals surface area contributed by atoms with Gasteiger partial charge in [0.05, 0.1) is 0 Å². The molecule has 1 aliphatic rings. The fourth-order valence-corrected chi connectivity index (χ4v) is 1.70. The third kappa shape index (κ3) is 2.30. The molecule has 2 atom stereocenters. The lowest BCUT2D eigenvalue weighted by atomic mass is 10.2. The van der Waals surface area contributed by atoms with Gasteiger partial charge in [0.1, 0.15) is 12.1 Å². The molecule has 0 spiro atoms. The fourth-order valence-electron chi connectivity index (χ4n) is 1.70. The van der Waals surface area contributed by atoms with Crippen LogP contribution in [0.25, 0.3) is 0 Å². The van der Waals surface area contributed by atoms with Crippen molar-refractivity contribution >= 4 is 5.97 Å². The van der Waals surface area contributed by atoms with E-state index >= 15 is 0 Å². The zero-order valence-electron chi connectivity index (χ0n) is 8.52. The summed E-state index contributed by atoms with van der Waals surface area (Å²) in [6, 6.07) is 5.50. The van der Waals surface area contributed by atoms with Crippen molar-refractivity contribution in [1.29, 1.82) is 0 Å². The van der Waals surface area contributed by atoms with E-state index in [2.05, 4.69) is 5.32 Å². The molecule has 1 aromatic carbocycles. The molecule has 0 radical (unpaired) electrons. The zero-order valence-corrected chi connectivity index (χ0v) is 8.52. The third-order valence-corrected chi connectivity index (χ3v) is 2.52. The van der Waals surface area contributed by atoms with Crippen molar-refractivity contribution in [2.45, 2.75) is 18.6 Å². The highest BCUT2D eigenvalue weighted by Gasteiger charge is 2.30. The molecule has 1 aromatic rings. The van der Waals surface area contributed by atoms with E-state index < -0.39 is 17.8 Å². The minimum absolute atomic E-state index is 0.167. The van der Waals surface area contributed by atoms with Gasteiger partial charge in [-0.05, 0) is 12.1 Å². The number of hydrogen-bond acceptors (Lipinski definition) is 3. The van der Waals surface area contributed by atoms with Crippen LogP contribution in [0.1, 0.15) is 6.42 Å². The van der Waals surface area contributed by atoms with Crippen LogP contribution >= 0.6 is 0 Å². The lowest BCUT2D eigenvalue weighted by Crippen LogP contribution is -2.30. The van der Waals surface area contributed by atoms with Crippen LogP contribution < -0.4 is 10.1 Å². The second-order valence-electron chi connectivity index (χ2n) is 3.71. The summed E-state index contributed by atoms with van der Waals surface area (Å²) in [7, 11) is 0. The SMILES string of the molecule is O=C(O)[C@@H]1C[C@@H](Oc2ccccc2F)CN1. The second-order valence-corrected chi connectivity index (χ2v) is 3.71. The van der Waals surface area contributed by atoms with E-state index in [0.717, 1.165) is 0 Å². The van der Waals surface area contributed by atoms with Gasteiger partial charge in [0, 0.05) is 13.0 Å². The Bertz CT molecular complexity index is 397. The predicted octanol–water partition coefficient (Wildman–Crippen LogP) is 1.02. The van der Waals surface area contributed by atoms with E-state index in [4.69, 9.17) is 9.84 Å². The molecular weight excluding hydrogens is 213 g/mol. The molecule has 0 saturated carbocycles. The first-order valence-corrected chi connectivity index (χ1v) is 5.04. The van der Waals surface area contributed by atoms with Crippen LogP contribution in [-0.4, -0.2) is 29.8 Å². The highest BCUT2D eigenvalue weighted by atomic mass is 19.1. The molecule has 0 unspecified atom stereocenters. The smallest absolute Gasteiger partial charge is 0.320 e. The Morgan fingerprint density at radius 2 is 2.25 bits per heavy atom. The Morgan fingerprint density at radius 1 is 1.50 bits per heavy atom. The summed E-state index contributed by atoms with van der Waals surface area (Å²) in [5.41, 5.74) is 0. The lowest BCUT2D eigenvalue weighted by Gasteiger charge is -2.12. The number of para-hydroxylation sites is 1. The number of rotatable bonds is 3. The van der Waals surface area contributed by atoms with E-state index in [0.29, 0.717) is 13.0 Å². The number of ether oxygens (including phenoxy) is 1. The highest BCUT2D eigenvalue weighted by molar-refractivity contribution is 5.73. The molecule has 1 aliphatic heterocycles. The first kappa shape index (κ1) is 10.9. The Morgan fingerprint density at radius 3 is 2.88 bits per heavy atom. The molecule has 2 N–H and O–H groups in total. The van der Waals surface area contributed by atoms with Gasteiger partial charge >= 0.3 is 5.97 Å². The van der Waals surface area contributed by atoms with Gasteiger partial charge in [-0.25, -0.2) is 4.39 Å². The quantitative estimate of drug-likeness (QED) is 0.806. The van der Waals surface area contributed by atoms with E-state index in [1.807, 2.05) is 0 Å². The molecule has 0 bridgehead atoms. The minimum atomic E-state index is -0.903. The maximum absolute atomic E-state index is 13.2. The second kappa shape index (κ2) is 4.49. The molecule has 1 saturated heterocycles. The van der Waals surface area contributed by atoms with Crippen molar-refractivity contribution in [1.82, 2.24) is 5.32 Å². The summed E-state index contributed by atoms with van der Waals surface area (Å²) in [6.45, 7) is 0.422. The summed E-state index contributed by atoms with van der Waals surface area (Å²) in [5.74, 6) is -1.17. The average molecular weight is 225 g/mol. The molecule has 0 aliphatic carbocycles. The van der Waals surface area contributed by atoms with Gasteiger partial charge in [0.15, 0.2) is 11.6 Å². The van der Waals surface area contributed by atoms with E-state index in [-0.39, 0.29) is 11.9 Å². The molecule has 0 aromatic heterocycles. The Balaban J connectivity index is 1.97. The van der Waals surface area contributed by atoms with Crippen LogP contribution in [0.5, 0.6) is 5.75 Å². The van der Waals surface area contributed by atoms with Crippen LogP contribution in [0.15, 0.2) is 24.3 Å². The van der Waals surface area contributed by atoms with Crippen LogP contribution in [0.4, 0.5) is 4.39 Å². The zero-order chi connectivity index (χ0) is 11.5. The van der Waals surface area contributed by atoms with Gasteiger partial charge in [-0.3, -0.25) is 4.79 Å². The summed E-state index contributed by atoms with van der Waals surface area (Å²) in [6.07, 6.45) is 0.0573. The average Bonchev–Trinajstić information content (AvgIpc) is 2.70. The third-order valence-electron chi connectivity index (χ3n) is 2.52. The Kier molecular flexibility index (Phi) is 3.05. The van der Waals surface area contributed by atoms with Gasteiger partial charge in [-0.1, -0.05) is 12.1 Å². The molecular formula is C11H12FNO3. The van der Waals surface area contributed by atoms with Crippen LogP contribution in [-0.2, 0) is 4.79 Å². The van der Waals surface area contributed by atoms with Crippen molar-refractivity contribution in [2.24, 2.45) is 0 Å². The van der Waals surface area contributed by atoms with E-state index in [1.165, 1.54) is 12.1 Å². The van der Waals surface area contributed by atoms with Gasteiger partial charge in [-0.15, -0.1) is 0 Å². The van der Waals surface area contributed by atoms with Gasteiger partial charge < -0.3 is 15.2 Å². The van der Waals surface area contributed by atoms with Crippen molar-refractivity contribution in [3.8, 4) is 5.75 Å². The molecule has 0 amide bonds. The standard InChI is InChI=1S/C11H12FNO3/c12-8-3-1-2-4-10(8)16-7-5-9(11(14)15)13-6-7/h1-4,7,9,13H,5-6H2,(H,14,15)/t7-,9+/m1/s1. The van der Waals surface area contributed by atoms with Gasteiger partial charge in [-0.2, -0.15) is 0 Å². The molecule has 4 nitrogen and oxygen atoms in total. The number of carbonyl (C=O) groups is 1. The van der Waals surface area contributed by atoms with Crippen molar-refractivity contribution in [3.05, 3.63) is 30.1 Å². The first-order valence-electron chi connectivity index (χ1n) is 5.04. The van der Waals surface area contributed by atoms with Gasteiger partial charge in [0.2, 0.25) is 0 Å². The van der Waals surface area contributed by atoms with E-state index in [9.17, 15) is 9.18 Å². The van der Waals surface area contributed by atoms with Crippen molar-refractivity contribution in [3.63, 3.8) is 0 Å². The highest BCUT2D eigenvalue weighted by Crippen LogP contribution is 2.20. The summed E-state index contributed by atoms with van der Waals surface area (Å²) in [5, 5.41) is 11.6. The first-order chi connectivity index (χ1) is 7.66. The number of carboxylic acids is 1. The molecule has 86 valence electrons. The largest absolute Gasteiger partial charge is 0.486 e. The normalized spacial score (nSPS) is 24.3. The number of aliphatic carboxylic acids is 1. The summed E-state index contributed by atoms with van der Waals surface area (Å²) >= 11 is 0. The number of hydrogen-bond donors (Lipinski definition) is 2. The molecule has 2 rings (SSSR count). The maximum atomic E-state index is 13.2. The fraction of sp³-hybridized carbons (Fsp3) is 0.364. The summed E-state index contributed by atoms with van der Waals surface area (Å²) in [4.78, 5) is 10.7. The Labute approximate surface area is 92.0 Å². The number of halogens is 1. The van der Waals surface area contributed by atoms with E-state index in [1.54, 1.807) is 12.1 Å². The number of carboxylic acid groups (broad SMARTS) is 1. The van der Waals surface area contributed by atoms with Crippen LogP contribution in [0, 0.1) is 5.82 Å².